The van der Waals surface area contributed by atoms with Crippen molar-refractivity contribution >= 4 is 23.3 Å². The molecule has 0 spiro atoms. The van der Waals surface area contributed by atoms with Crippen molar-refractivity contribution in [3.63, 3.8) is 0 Å². The first-order valence-electron chi connectivity index (χ1n) is 10.3. The number of hydrogen-bond donors (Lipinski definition) is 0. The van der Waals surface area contributed by atoms with Crippen LogP contribution in [-0.2, 0) is 4.79 Å². The maximum atomic E-state index is 13.1. The smallest absolute Gasteiger partial charge is 0.253 e. The minimum atomic E-state index is -0.218. The van der Waals surface area contributed by atoms with Gasteiger partial charge in [-0.2, -0.15) is 0 Å². The molecule has 1 saturated heterocycles. The highest BCUT2D eigenvalue weighted by Crippen LogP contribution is 2.28. The Labute approximate surface area is 181 Å². The molecule has 2 aromatic carbocycles. The Morgan fingerprint density at radius 1 is 1.10 bits per heavy atom. The zero-order valence-corrected chi connectivity index (χ0v) is 17.6. The molecule has 3 aromatic rings. The Morgan fingerprint density at radius 3 is 2.63 bits per heavy atom. The van der Waals surface area contributed by atoms with Gasteiger partial charge in [-0.25, -0.2) is 0 Å². The molecular weight excluding hydrogens is 398 g/mol. The number of carbonyl (C=O) groups is 2. The zero-order valence-electron chi connectivity index (χ0n) is 16.9. The van der Waals surface area contributed by atoms with Crippen molar-refractivity contribution in [2.75, 3.05) is 13.1 Å². The van der Waals surface area contributed by atoms with Gasteiger partial charge >= 0.3 is 0 Å². The molecule has 30 heavy (non-hydrogen) atoms. The Bertz CT molecular complexity index is 1030. The van der Waals surface area contributed by atoms with E-state index >= 15 is 0 Å². The summed E-state index contributed by atoms with van der Waals surface area (Å²) in [6.45, 7) is 3.06. The highest BCUT2D eigenvalue weighted by Gasteiger charge is 2.31. The van der Waals surface area contributed by atoms with Crippen LogP contribution in [0.5, 0.6) is 0 Å². The molecule has 0 N–H and O–H groups in total. The average Bonchev–Trinajstić information content (AvgIpc) is 3.33. The van der Waals surface area contributed by atoms with E-state index in [4.69, 9.17) is 16.0 Å². The largest absolute Gasteiger partial charge is 0.464 e. The van der Waals surface area contributed by atoms with Gasteiger partial charge in [-0.3, -0.25) is 9.59 Å². The van der Waals surface area contributed by atoms with Crippen LogP contribution in [0.1, 0.15) is 41.6 Å². The molecule has 1 aliphatic heterocycles. The fourth-order valence-corrected chi connectivity index (χ4v) is 4.22. The highest BCUT2D eigenvalue weighted by atomic mass is 35.5. The normalized spacial score (nSPS) is 17.5. The molecule has 0 bridgehead atoms. The van der Waals surface area contributed by atoms with E-state index in [0.29, 0.717) is 23.7 Å². The molecule has 5 heteroatoms. The van der Waals surface area contributed by atoms with E-state index in [9.17, 15) is 9.59 Å². The molecule has 1 fully saturated rings. The van der Waals surface area contributed by atoms with Gasteiger partial charge in [-0.15, -0.1) is 0 Å². The van der Waals surface area contributed by atoms with Crippen LogP contribution in [0.3, 0.4) is 0 Å². The maximum absolute atomic E-state index is 13.1. The lowest BCUT2D eigenvalue weighted by Gasteiger charge is -2.33. The van der Waals surface area contributed by atoms with Gasteiger partial charge in [-0.1, -0.05) is 42.8 Å². The number of amides is 1. The van der Waals surface area contributed by atoms with Crippen LogP contribution in [-0.4, -0.2) is 29.7 Å². The summed E-state index contributed by atoms with van der Waals surface area (Å²) in [6.07, 6.45) is 3.26. The Morgan fingerprint density at radius 2 is 1.90 bits per heavy atom. The summed E-state index contributed by atoms with van der Waals surface area (Å²) in [6, 6.07) is 18.6. The van der Waals surface area contributed by atoms with E-state index in [2.05, 4.69) is 0 Å². The summed E-state index contributed by atoms with van der Waals surface area (Å²) >= 11 is 5.97. The molecule has 0 aliphatic carbocycles. The van der Waals surface area contributed by atoms with Crippen LogP contribution >= 0.6 is 11.6 Å². The Balaban J connectivity index is 1.47. The van der Waals surface area contributed by atoms with Gasteiger partial charge in [-0.05, 0) is 54.8 Å². The van der Waals surface area contributed by atoms with E-state index in [0.717, 1.165) is 29.7 Å². The van der Waals surface area contributed by atoms with Crippen LogP contribution < -0.4 is 0 Å². The number of benzene rings is 2. The van der Waals surface area contributed by atoms with E-state index in [1.165, 1.54) is 0 Å². The SMILES string of the molecule is CC(C(=O)C1CCCN(C(=O)c2cccc(-c3ccco3)c2)C1)c1ccc(Cl)cc1. The van der Waals surface area contributed by atoms with Crippen molar-refractivity contribution in [1.29, 1.82) is 0 Å². The molecule has 0 saturated carbocycles. The van der Waals surface area contributed by atoms with E-state index in [-0.39, 0.29) is 23.5 Å². The molecule has 4 rings (SSSR count). The van der Waals surface area contributed by atoms with Gasteiger partial charge in [0.25, 0.3) is 5.91 Å². The number of piperidine rings is 1. The minimum absolute atomic E-state index is 0.0416. The molecule has 1 aliphatic rings. The summed E-state index contributed by atoms with van der Waals surface area (Å²) in [7, 11) is 0. The zero-order chi connectivity index (χ0) is 21.1. The highest BCUT2D eigenvalue weighted by molar-refractivity contribution is 6.30. The fourth-order valence-electron chi connectivity index (χ4n) is 4.09. The van der Waals surface area contributed by atoms with E-state index in [1.54, 1.807) is 6.26 Å². The predicted octanol–water partition coefficient (Wildman–Crippen LogP) is 5.83. The van der Waals surface area contributed by atoms with Crippen LogP contribution in [0.15, 0.2) is 71.3 Å². The first kappa shape index (κ1) is 20.4. The third-order valence-electron chi connectivity index (χ3n) is 5.82. The number of hydrogen-bond acceptors (Lipinski definition) is 3. The second-order valence-electron chi connectivity index (χ2n) is 7.82. The molecule has 2 unspecified atom stereocenters. The molecule has 1 amide bonds. The number of Topliss-reactive ketones (excluding diaryl/α,β-unsaturated/α-hetero) is 1. The molecule has 1 aromatic heterocycles. The van der Waals surface area contributed by atoms with Crippen molar-refractivity contribution in [2.45, 2.75) is 25.7 Å². The second-order valence-corrected chi connectivity index (χ2v) is 8.26. The summed E-state index contributed by atoms with van der Waals surface area (Å²) in [5, 5.41) is 0.657. The molecule has 2 atom stereocenters. The molecular formula is C25H24ClNO3. The number of nitrogens with zero attached hydrogens (tertiary/aromatic N) is 1. The number of likely N-dealkylation sites (tertiary alicyclic amines) is 1. The molecule has 154 valence electrons. The monoisotopic (exact) mass is 421 g/mol. The van der Waals surface area contributed by atoms with Gasteiger partial charge in [0.05, 0.1) is 6.26 Å². The first-order valence-corrected chi connectivity index (χ1v) is 10.6. The standard InChI is InChI=1S/C25H24ClNO3/c1-17(18-9-11-22(26)12-10-18)24(28)21-7-3-13-27(16-21)25(29)20-6-2-5-19(15-20)23-8-4-14-30-23/h2,4-6,8-12,14-15,17,21H,3,7,13,16H2,1H3. The fraction of sp³-hybridized carbons (Fsp3) is 0.280. The molecule has 2 heterocycles. The van der Waals surface area contributed by atoms with Crippen LogP contribution in [0.2, 0.25) is 5.02 Å². The lowest BCUT2D eigenvalue weighted by molar-refractivity contribution is -0.125. The van der Waals surface area contributed by atoms with Gasteiger partial charge < -0.3 is 9.32 Å². The minimum Gasteiger partial charge on any atom is -0.464 e. The molecule has 4 nitrogen and oxygen atoms in total. The third kappa shape index (κ3) is 4.34. The second kappa shape index (κ2) is 8.88. The third-order valence-corrected chi connectivity index (χ3v) is 6.07. The van der Waals surface area contributed by atoms with Crippen LogP contribution in [0, 0.1) is 5.92 Å². The number of rotatable bonds is 5. The van der Waals surface area contributed by atoms with Crippen molar-refractivity contribution in [3.05, 3.63) is 83.1 Å². The lowest BCUT2D eigenvalue weighted by Crippen LogP contribution is -2.43. The average molecular weight is 422 g/mol. The topological polar surface area (TPSA) is 50.5 Å². The Kier molecular flexibility index (Phi) is 6.05. The van der Waals surface area contributed by atoms with Gasteiger partial charge in [0.1, 0.15) is 11.5 Å². The van der Waals surface area contributed by atoms with Gasteiger partial charge in [0.2, 0.25) is 0 Å². The van der Waals surface area contributed by atoms with Crippen molar-refractivity contribution in [2.24, 2.45) is 5.92 Å². The predicted molar refractivity (Wildman–Crippen MR) is 118 cm³/mol. The number of ketones is 1. The van der Waals surface area contributed by atoms with Crippen molar-refractivity contribution in [3.8, 4) is 11.3 Å². The quantitative estimate of drug-likeness (QED) is 0.521. The Hall–Kier alpha value is -2.85. The van der Waals surface area contributed by atoms with Gasteiger partial charge in [0, 0.05) is 41.1 Å². The summed E-state index contributed by atoms with van der Waals surface area (Å²) < 4.78 is 5.45. The number of furan rings is 1. The first-order chi connectivity index (χ1) is 14.5. The van der Waals surface area contributed by atoms with Gasteiger partial charge in [0.15, 0.2) is 0 Å². The van der Waals surface area contributed by atoms with Crippen LogP contribution in [0.4, 0.5) is 0 Å². The lowest BCUT2D eigenvalue weighted by atomic mass is 9.84. The summed E-state index contributed by atoms with van der Waals surface area (Å²) in [5.74, 6) is 0.499. The maximum Gasteiger partial charge on any atom is 0.253 e. The van der Waals surface area contributed by atoms with E-state index < -0.39 is 0 Å². The van der Waals surface area contributed by atoms with Crippen molar-refractivity contribution < 1.29 is 14.0 Å². The van der Waals surface area contributed by atoms with Crippen molar-refractivity contribution in [1.82, 2.24) is 4.90 Å². The number of carbonyl (C=O) groups excluding carboxylic acids is 2. The molecule has 0 radical (unpaired) electrons. The van der Waals surface area contributed by atoms with E-state index in [1.807, 2.05) is 72.5 Å². The van der Waals surface area contributed by atoms with Crippen LogP contribution in [0.25, 0.3) is 11.3 Å². The number of halogens is 1. The summed E-state index contributed by atoms with van der Waals surface area (Å²) in [4.78, 5) is 28.1. The summed E-state index contributed by atoms with van der Waals surface area (Å²) in [5.41, 5.74) is 2.44.